The van der Waals surface area contributed by atoms with Gasteiger partial charge in [-0.15, -0.1) is 12.4 Å². The number of nitrogens with two attached hydrogens (primary N) is 1. The standard InChI is InChI=1S/C16H26N4O2S.ClH/c17-23(21,22)16-5-3-15(4-6-16)20-10-8-19(9-11-20)13-14-2-1-7-18-12-14;/h3-6,14,18H,1-2,7-13H2,(H2,17,21,22);1H. The van der Waals surface area contributed by atoms with Crippen molar-refractivity contribution in [2.75, 3.05) is 50.7 Å². The molecule has 8 heteroatoms. The van der Waals surface area contributed by atoms with E-state index in [0.717, 1.165) is 44.3 Å². The third-order valence-electron chi connectivity index (χ3n) is 4.82. The number of nitrogens with one attached hydrogen (secondary N) is 1. The van der Waals surface area contributed by atoms with Gasteiger partial charge in [0.05, 0.1) is 4.90 Å². The third kappa shape index (κ3) is 5.07. The molecule has 2 saturated heterocycles. The van der Waals surface area contributed by atoms with Gasteiger partial charge in [0.1, 0.15) is 0 Å². The average Bonchev–Trinajstić information content (AvgIpc) is 2.56. The van der Waals surface area contributed by atoms with E-state index < -0.39 is 10.0 Å². The van der Waals surface area contributed by atoms with E-state index >= 15 is 0 Å². The Balaban J connectivity index is 0.00000208. The van der Waals surface area contributed by atoms with Crippen molar-refractivity contribution in [2.45, 2.75) is 17.7 Å². The van der Waals surface area contributed by atoms with Crippen molar-refractivity contribution in [3.05, 3.63) is 24.3 Å². The van der Waals surface area contributed by atoms with Crippen LogP contribution >= 0.6 is 12.4 Å². The van der Waals surface area contributed by atoms with Gasteiger partial charge in [0.25, 0.3) is 0 Å². The first-order valence-corrected chi connectivity index (χ1v) is 9.88. The number of anilines is 1. The number of piperidine rings is 1. The van der Waals surface area contributed by atoms with Crippen LogP contribution in [0.25, 0.3) is 0 Å². The monoisotopic (exact) mass is 374 g/mol. The molecule has 2 fully saturated rings. The van der Waals surface area contributed by atoms with Gasteiger partial charge in [-0.05, 0) is 56.1 Å². The summed E-state index contributed by atoms with van der Waals surface area (Å²) in [5, 5.41) is 8.62. The number of benzene rings is 1. The zero-order valence-electron chi connectivity index (χ0n) is 13.9. The molecule has 2 heterocycles. The van der Waals surface area contributed by atoms with Gasteiger partial charge in [0.15, 0.2) is 0 Å². The summed E-state index contributed by atoms with van der Waals surface area (Å²) in [4.78, 5) is 5.03. The van der Waals surface area contributed by atoms with Crippen LogP contribution in [0.5, 0.6) is 0 Å². The second kappa shape index (κ2) is 8.49. The molecule has 0 amide bonds. The Labute approximate surface area is 150 Å². The topological polar surface area (TPSA) is 78.7 Å². The highest BCUT2D eigenvalue weighted by atomic mass is 35.5. The number of primary sulfonamides is 1. The number of hydrogen-bond acceptors (Lipinski definition) is 5. The molecular weight excluding hydrogens is 348 g/mol. The van der Waals surface area contributed by atoms with Crippen LogP contribution in [0.2, 0.25) is 0 Å². The molecule has 2 aliphatic rings. The summed E-state index contributed by atoms with van der Waals surface area (Å²) in [5.74, 6) is 0.782. The lowest BCUT2D eigenvalue weighted by atomic mass is 9.99. The molecule has 3 rings (SSSR count). The zero-order chi connectivity index (χ0) is 16.3. The highest BCUT2D eigenvalue weighted by Gasteiger charge is 2.21. The molecule has 0 bridgehead atoms. The first kappa shape index (κ1) is 19.5. The van der Waals surface area contributed by atoms with Gasteiger partial charge in [-0.2, -0.15) is 0 Å². The number of hydrogen-bond donors (Lipinski definition) is 2. The van der Waals surface area contributed by atoms with Crippen LogP contribution in [0.3, 0.4) is 0 Å². The Hall–Kier alpha value is -0.860. The molecule has 2 aliphatic heterocycles. The van der Waals surface area contributed by atoms with E-state index in [2.05, 4.69) is 15.1 Å². The molecule has 0 aromatic heterocycles. The van der Waals surface area contributed by atoms with Gasteiger partial charge in [0, 0.05) is 38.4 Å². The third-order valence-corrected chi connectivity index (χ3v) is 5.75. The van der Waals surface area contributed by atoms with Gasteiger partial charge in [0.2, 0.25) is 10.0 Å². The Morgan fingerprint density at radius 3 is 2.33 bits per heavy atom. The molecule has 0 radical (unpaired) electrons. The first-order valence-electron chi connectivity index (χ1n) is 8.33. The largest absolute Gasteiger partial charge is 0.369 e. The fourth-order valence-corrected chi connectivity index (χ4v) is 4.00. The number of rotatable bonds is 4. The van der Waals surface area contributed by atoms with E-state index in [0.29, 0.717) is 0 Å². The predicted octanol–water partition coefficient (Wildman–Crippen LogP) is 0.877. The molecular formula is C16H27ClN4O2S. The van der Waals surface area contributed by atoms with Gasteiger partial charge in [-0.3, -0.25) is 4.90 Å². The molecule has 1 atom stereocenters. The number of halogens is 1. The van der Waals surface area contributed by atoms with E-state index in [1.165, 1.54) is 25.9 Å². The highest BCUT2D eigenvalue weighted by molar-refractivity contribution is 7.89. The Bertz CT molecular complexity index is 609. The van der Waals surface area contributed by atoms with E-state index in [1.807, 2.05) is 12.1 Å². The molecule has 24 heavy (non-hydrogen) atoms. The molecule has 1 aromatic carbocycles. The van der Waals surface area contributed by atoms with Crippen LogP contribution < -0.4 is 15.4 Å². The molecule has 0 saturated carbocycles. The second-order valence-corrected chi connectivity index (χ2v) is 8.10. The van der Waals surface area contributed by atoms with Gasteiger partial charge < -0.3 is 10.2 Å². The van der Waals surface area contributed by atoms with Crippen LogP contribution in [-0.2, 0) is 10.0 Å². The summed E-state index contributed by atoms with van der Waals surface area (Å²) in [6.45, 7) is 7.59. The van der Waals surface area contributed by atoms with Crippen molar-refractivity contribution < 1.29 is 8.42 Å². The molecule has 136 valence electrons. The predicted molar refractivity (Wildman–Crippen MR) is 99.3 cm³/mol. The van der Waals surface area contributed by atoms with Crippen molar-refractivity contribution in [3.8, 4) is 0 Å². The van der Waals surface area contributed by atoms with Gasteiger partial charge >= 0.3 is 0 Å². The zero-order valence-corrected chi connectivity index (χ0v) is 15.5. The lowest BCUT2D eigenvalue weighted by molar-refractivity contribution is 0.199. The maximum Gasteiger partial charge on any atom is 0.238 e. The maximum atomic E-state index is 11.3. The summed E-state index contributed by atoms with van der Waals surface area (Å²) < 4.78 is 22.6. The summed E-state index contributed by atoms with van der Waals surface area (Å²) >= 11 is 0. The fourth-order valence-electron chi connectivity index (χ4n) is 3.48. The molecule has 1 aromatic rings. The van der Waals surface area contributed by atoms with Crippen LogP contribution in [0.4, 0.5) is 5.69 Å². The molecule has 0 aliphatic carbocycles. The summed E-state index contributed by atoms with van der Waals surface area (Å²) in [6.07, 6.45) is 2.63. The van der Waals surface area contributed by atoms with Crippen molar-refractivity contribution in [3.63, 3.8) is 0 Å². The average molecular weight is 375 g/mol. The van der Waals surface area contributed by atoms with E-state index in [1.54, 1.807) is 12.1 Å². The van der Waals surface area contributed by atoms with Gasteiger partial charge in [-0.25, -0.2) is 13.6 Å². The molecule has 0 spiro atoms. The molecule has 1 unspecified atom stereocenters. The normalized spacial score (nSPS) is 22.9. The minimum atomic E-state index is -3.61. The van der Waals surface area contributed by atoms with Crippen LogP contribution in [0.1, 0.15) is 12.8 Å². The van der Waals surface area contributed by atoms with E-state index in [4.69, 9.17) is 5.14 Å². The number of nitrogens with zero attached hydrogens (tertiary/aromatic N) is 2. The minimum absolute atomic E-state index is 0. The lowest BCUT2D eigenvalue weighted by Gasteiger charge is -2.38. The molecule has 6 nitrogen and oxygen atoms in total. The van der Waals surface area contributed by atoms with E-state index in [-0.39, 0.29) is 17.3 Å². The van der Waals surface area contributed by atoms with Crippen molar-refractivity contribution in [1.29, 1.82) is 0 Å². The van der Waals surface area contributed by atoms with Crippen molar-refractivity contribution in [2.24, 2.45) is 11.1 Å². The molecule has 3 N–H and O–H groups in total. The lowest BCUT2D eigenvalue weighted by Crippen LogP contribution is -2.49. The first-order chi connectivity index (χ1) is 11.0. The fraction of sp³-hybridized carbons (Fsp3) is 0.625. The van der Waals surface area contributed by atoms with Crippen molar-refractivity contribution >= 4 is 28.1 Å². The van der Waals surface area contributed by atoms with Crippen LogP contribution in [-0.4, -0.2) is 59.1 Å². The Morgan fingerprint density at radius 2 is 1.79 bits per heavy atom. The van der Waals surface area contributed by atoms with Gasteiger partial charge in [-0.1, -0.05) is 0 Å². The minimum Gasteiger partial charge on any atom is -0.369 e. The Kier molecular flexibility index (Phi) is 6.88. The quantitative estimate of drug-likeness (QED) is 0.817. The number of sulfonamides is 1. The highest BCUT2D eigenvalue weighted by Crippen LogP contribution is 2.20. The second-order valence-electron chi connectivity index (χ2n) is 6.54. The smallest absolute Gasteiger partial charge is 0.238 e. The summed E-state index contributed by atoms with van der Waals surface area (Å²) in [5.41, 5.74) is 1.07. The summed E-state index contributed by atoms with van der Waals surface area (Å²) in [7, 11) is -3.61. The van der Waals surface area contributed by atoms with E-state index in [9.17, 15) is 8.42 Å². The Morgan fingerprint density at radius 1 is 1.12 bits per heavy atom. The van der Waals surface area contributed by atoms with Crippen LogP contribution in [0.15, 0.2) is 29.2 Å². The summed E-state index contributed by atoms with van der Waals surface area (Å²) in [6, 6.07) is 6.87. The van der Waals surface area contributed by atoms with Crippen LogP contribution in [0, 0.1) is 5.92 Å². The maximum absolute atomic E-state index is 11.3. The number of piperazine rings is 1. The SMILES string of the molecule is Cl.NS(=O)(=O)c1ccc(N2CCN(CC3CCCNC3)CC2)cc1. The van der Waals surface area contributed by atoms with Crippen molar-refractivity contribution in [1.82, 2.24) is 10.2 Å².